The van der Waals surface area contributed by atoms with Crippen LogP contribution in [0, 0.1) is 37.0 Å². The smallest absolute Gasteiger partial charge is 0.262 e. The number of amides is 4. The van der Waals surface area contributed by atoms with Gasteiger partial charge >= 0.3 is 0 Å². The van der Waals surface area contributed by atoms with Gasteiger partial charge in [-0.05, 0) is 98.3 Å². The molecule has 4 amide bonds. The molecule has 0 bridgehead atoms. The van der Waals surface area contributed by atoms with Crippen molar-refractivity contribution in [2.75, 3.05) is 6.54 Å². The van der Waals surface area contributed by atoms with E-state index in [0.29, 0.717) is 41.3 Å². The Morgan fingerprint density at radius 3 is 2.29 bits per heavy atom. The summed E-state index contributed by atoms with van der Waals surface area (Å²) in [5.74, 6) is 4.68. The van der Waals surface area contributed by atoms with E-state index in [-0.39, 0.29) is 18.7 Å². The lowest BCUT2D eigenvalue weighted by Crippen LogP contribution is -2.54. The van der Waals surface area contributed by atoms with Crippen LogP contribution < -0.4 is 5.32 Å². The summed E-state index contributed by atoms with van der Waals surface area (Å²) >= 11 is 6.27. The molecular weight excluding hydrogens is 676 g/mol. The Kier molecular flexibility index (Phi) is 9.79. The van der Waals surface area contributed by atoms with Crippen LogP contribution in [-0.4, -0.2) is 55.8 Å². The van der Waals surface area contributed by atoms with Crippen molar-refractivity contribution >= 4 is 35.2 Å². The third kappa shape index (κ3) is 6.88. The molecule has 0 radical (unpaired) electrons. The fraction of sp³-hybridized carbons (Fsp3) is 0.317. The molecular formula is C41H37ClN6O4. The van der Waals surface area contributed by atoms with E-state index in [1.54, 1.807) is 12.1 Å². The zero-order valence-corrected chi connectivity index (χ0v) is 29.8. The number of piperidine rings is 1. The Balaban J connectivity index is 0.855. The fourth-order valence-corrected chi connectivity index (χ4v) is 7.39. The molecule has 10 nitrogen and oxygen atoms in total. The van der Waals surface area contributed by atoms with Crippen LogP contribution in [0.4, 0.5) is 0 Å². The first-order chi connectivity index (χ1) is 25.1. The molecule has 7 rings (SSSR count). The third-order valence-corrected chi connectivity index (χ3v) is 10.5. The molecule has 1 aromatic heterocycles. The minimum Gasteiger partial charge on any atom is -0.295 e. The van der Waals surface area contributed by atoms with Gasteiger partial charge in [0.15, 0.2) is 0 Å². The lowest BCUT2D eigenvalue weighted by Gasteiger charge is -2.27. The van der Waals surface area contributed by atoms with E-state index >= 15 is 0 Å². The van der Waals surface area contributed by atoms with Crippen molar-refractivity contribution in [3.05, 3.63) is 110 Å². The lowest BCUT2D eigenvalue weighted by atomic mass is 10.0. The molecule has 3 aliphatic rings. The van der Waals surface area contributed by atoms with Gasteiger partial charge in [-0.1, -0.05) is 48.1 Å². The first kappa shape index (κ1) is 34.9. The van der Waals surface area contributed by atoms with E-state index in [2.05, 4.69) is 47.2 Å². The number of hydrogen-bond acceptors (Lipinski definition) is 7. The number of aromatic nitrogens is 2. The first-order valence-electron chi connectivity index (χ1n) is 17.5. The summed E-state index contributed by atoms with van der Waals surface area (Å²) in [6.45, 7) is 7.08. The van der Waals surface area contributed by atoms with Crippen LogP contribution in [0.3, 0.4) is 0 Å². The summed E-state index contributed by atoms with van der Waals surface area (Å²) in [6, 6.07) is 18.4. The van der Waals surface area contributed by atoms with Crippen molar-refractivity contribution in [3.63, 3.8) is 0 Å². The Bertz CT molecular complexity index is 2190. The van der Waals surface area contributed by atoms with Gasteiger partial charge in [0.1, 0.15) is 12.1 Å². The number of nitrogens with zero attached hydrogens (tertiary/aromatic N) is 5. The van der Waals surface area contributed by atoms with Gasteiger partial charge in [0.2, 0.25) is 11.8 Å². The maximum absolute atomic E-state index is 13.2. The summed E-state index contributed by atoms with van der Waals surface area (Å²) in [5.41, 5.74) is 9.20. The number of imide groups is 2. The van der Waals surface area contributed by atoms with Crippen molar-refractivity contribution < 1.29 is 19.2 Å². The monoisotopic (exact) mass is 712 g/mol. The van der Waals surface area contributed by atoms with E-state index in [9.17, 15) is 24.4 Å². The van der Waals surface area contributed by atoms with Crippen LogP contribution in [0.25, 0.3) is 11.3 Å². The highest BCUT2D eigenvalue weighted by Gasteiger charge is 2.45. The summed E-state index contributed by atoms with van der Waals surface area (Å²) in [6.07, 6.45) is 4.15. The second kappa shape index (κ2) is 14.6. The summed E-state index contributed by atoms with van der Waals surface area (Å²) in [5, 5.41) is 16.7. The molecule has 1 N–H and O–H groups in total. The number of fused-ring (bicyclic) bond motifs is 2. The molecule has 3 aliphatic heterocycles. The maximum Gasteiger partial charge on any atom is 0.262 e. The second-order valence-corrected chi connectivity index (χ2v) is 14.1. The molecule has 0 saturated carbocycles. The Morgan fingerprint density at radius 2 is 1.63 bits per heavy atom. The van der Waals surface area contributed by atoms with Gasteiger partial charge in [-0.15, -0.1) is 0 Å². The van der Waals surface area contributed by atoms with Crippen molar-refractivity contribution in [1.29, 1.82) is 5.26 Å². The summed E-state index contributed by atoms with van der Waals surface area (Å²) in [4.78, 5) is 53.6. The van der Waals surface area contributed by atoms with Gasteiger partial charge in [-0.3, -0.25) is 39.0 Å². The minimum absolute atomic E-state index is 0.103. The third-order valence-electron chi connectivity index (χ3n) is 10.2. The van der Waals surface area contributed by atoms with Gasteiger partial charge < -0.3 is 0 Å². The van der Waals surface area contributed by atoms with E-state index in [0.717, 1.165) is 81.9 Å². The van der Waals surface area contributed by atoms with Crippen LogP contribution in [0.2, 0.25) is 5.02 Å². The molecule has 4 heterocycles. The van der Waals surface area contributed by atoms with E-state index in [4.69, 9.17) is 16.7 Å². The van der Waals surface area contributed by atoms with Crippen LogP contribution in [0.1, 0.15) is 98.3 Å². The maximum atomic E-state index is 13.2. The van der Waals surface area contributed by atoms with Crippen molar-refractivity contribution in [1.82, 2.24) is 24.9 Å². The number of halogens is 1. The highest BCUT2D eigenvalue weighted by molar-refractivity contribution is 6.32. The van der Waals surface area contributed by atoms with Crippen LogP contribution >= 0.6 is 11.6 Å². The highest BCUT2D eigenvalue weighted by atomic mass is 35.5. The number of unbranched alkanes of at least 4 members (excludes halogenated alkanes) is 3. The van der Waals surface area contributed by atoms with Crippen molar-refractivity contribution in [2.24, 2.45) is 0 Å². The Hall–Kier alpha value is -5.55. The first-order valence-corrected chi connectivity index (χ1v) is 17.9. The van der Waals surface area contributed by atoms with Gasteiger partial charge in [0.05, 0.1) is 34.0 Å². The molecule has 52 heavy (non-hydrogen) atoms. The summed E-state index contributed by atoms with van der Waals surface area (Å²) in [7, 11) is 0. The molecule has 262 valence electrons. The number of carbonyl (C=O) groups excluding carboxylic acids is 4. The van der Waals surface area contributed by atoms with E-state index in [1.165, 1.54) is 0 Å². The van der Waals surface area contributed by atoms with Crippen molar-refractivity contribution in [2.45, 2.75) is 78.0 Å². The van der Waals surface area contributed by atoms with Gasteiger partial charge in [-0.2, -0.15) is 10.4 Å². The van der Waals surface area contributed by atoms with E-state index in [1.807, 2.05) is 41.9 Å². The van der Waals surface area contributed by atoms with Crippen LogP contribution in [0.5, 0.6) is 0 Å². The molecule has 1 fully saturated rings. The van der Waals surface area contributed by atoms with Gasteiger partial charge in [0.25, 0.3) is 11.8 Å². The van der Waals surface area contributed by atoms with Gasteiger partial charge in [-0.25, -0.2) is 0 Å². The molecule has 4 aromatic rings. The predicted molar refractivity (Wildman–Crippen MR) is 195 cm³/mol. The molecule has 0 aliphatic carbocycles. The highest BCUT2D eigenvalue weighted by Crippen LogP contribution is 2.34. The molecule has 1 unspecified atom stereocenters. The fourth-order valence-electron chi connectivity index (χ4n) is 7.17. The number of rotatable bonds is 9. The number of nitriles is 1. The number of nitrogens with one attached hydrogen (secondary N) is 1. The van der Waals surface area contributed by atoms with Gasteiger partial charge in [0, 0.05) is 42.8 Å². The molecule has 1 atom stereocenters. The Labute approximate surface area is 307 Å². The average Bonchev–Trinajstić information content (AvgIpc) is 3.74. The quantitative estimate of drug-likeness (QED) is 0.127. The zero-order valence-electron chi connectivity index (χ0n) is 29.1. The average molecular weight is 713 g/mol. The lowest BCUT2D eigenvalue weighted by molar-refractivity contribution is -0.136. The Morgan fingerprint density at radius 1 is 0.923 bits per heavy atom. The number of carbonyl (C=O) groups is 4. The second-order valence-electron chi connectivity index (χ2n) is 13.7. The van der Waals surface area contributed by atoms with Crippen molar-refractivity contribution in [3.8, 4) is 29.2 Å². The molecule has 3 aromatic carbocycles. The molecule has 11 heteroatoms. The van der Waals surface area contributed by atoms with Crippen LogP contribution in [0.15, 0.2) is 54.6 Å². The SMILES string of the molecule is Cc1c(-c2ccc(C#N)c(Cl)c2)nn(Cc2ccc(C#CCCCCCN3Cc4cc5c(cc4C3)C(=O)N(C3CCC(=O)NC3=O)C5=O)cc2)c1C. The molecule has 1 saturated heterocycles. The summed E-state index contributed by atoms with van der Waals surface area (Å²) < 4.78 is 1.99. The zero-order chi connectivity index (χ0) is 36.5. The standard InChI is InChI=1S/C41H37ClN6O4/c1-25-26(2)47(45-38(25)29-13-14-30(21-43)35(42)20-29)22-28-11-9-27(10-12-28)8-6-4-3-5-7-17-46-23-31-18-33-34(19-32(31)24-46)41(52)48(40(33)51)36-15-16-37(49)44-39(36)50/h9-14,18-20,36H,3-5,7,15-17,22-24H2,1-2H3,(H,44,49,50). The minimum atomic E-state index is -0.951. The molecule has 0 spiro atoms. The van der Waals surface area contributed by atoms with E-state index < -0.39 is 23.8 Å². The predicted octanol–water partition coefficient (Wildman–Crippen LogP) is 6.07. The van der Waals surface area contributed by atoms with Crippen LogP contribution in [-0.2, 0) is 29.2 Å². The topological polar surface area (TPSA) is 128 Å². The largest absolute Gasteiger partial charge is 0.295 e. The number of hydrogen-bond donors (Lipinski definition) is 1. The number of benzene rings is 3. The normalized spacial score (nSPS) is 16.7.